The summed E-state index contributed by atoms with van der Waals surface area (Å²) in [6.45, 7) is 0. The third-order valence-corrected chi connectivity index (χ3v) is 4.78. The molecule has 0 saturated heterocycles. The Kier molecular flexibility index (Phi) is 8.03. The van der Waals surface area contributed by atoms with E-state index >= 15 is 0 Å². The molecule has 1 amide bonds. The minimum atomic E-state index is -4.51. The minimum Gasteiger partial charge on any atom is -0.339 e. The lowest BCUT2D eigenvalue weighted by molar-refractivity contribution is -0.137. The van der Waals surface area contributed by atoms with Gasteiger partial charge in [0.05, 0.1) is 5.56 Å². The highest BCUT2D eigenvalue weighted by atomic mass is 79.9. The highest BCUT2D eigenvalue weighted by molar-refractivity contribution is 9.10. The summed E-state index contributed by atoms with van der Waals surface area (Å²) in [5.74, 6) is -0.558. The van der Waals surface area contributed by atoms with Gasteiger partial charge in [0.15, 0.2) is 5.11 Å². The van der Waals surface area contributed by atoms with Crippen molar-refractivity contribution in [3.8, 4) is 0 Å². The Bertz CT molecular complexity index is 909. The predicted octanol–water partition coefficient (Wildman–Crippen LogP) is 5.88. The number of anilines is 1. The molecule has 3 N–H and O–H groups in total. The summed E-state index contributed by atoms with van der Waals surface area (Å²) in [5, 5.41) is 7.46. The van der Waals surface area contributed by atoms with Crippen LogP contribution >= 0.6 is 63.0 Å². The molecular formula is C17H12BrCl3F3N3OS. The third-order valence-electron chi connectivity index (χ3n) is 3.41. The van der Waals surface area contributed by atoms with E-state index in [0.717, 1.165) is 12.1 Å². The molecule has 2 rings (SSSR count). The van der Waals surface area contributed by atoms with E-state index in [4.69, 9.17) is 47.0 Å². The Morgan fingerprint density at radius 1 is 1.03 bits per heavy atom. The van der Waals surface area contributed by atoms with Crippen molar-refractivity contribution in [3.05, 3.63) is 64.1 Å². The molecule has 1 atom stereocenters. The van der Waals surface area contributed by atoms with Gasteiger partial charge in [-0.25, -0.2) is 0 Å². The second-order valence-electron chi connectivity index (χ2n) is 5.64. The van der Waals surface area contributed by atoms with Crippen LogP contribution in [-0.2, 0) is 6.18 Å². The molecule has 0 aromatic heterocycles. The van der Waals surface area contributed by atoms with E-state index in [1.54, 1.807) is 24.3 Å². The number of nitrogens with one attached hydrogen (secondary N) is 3. The number of carbonyl (C=O) groups excluding carboxylic acids is 1. The molecule has 0 aliphatic heterocycles. The molecule has 1 unspecified atom stereocenters. The summed E-state index contributed by atoms with van der Waals surface area (Å²) >= 11 is 26.0. The zero-order chi connectivity index (χ0) is 21.8. The number of thiocarbonyl (C=S) groups is 1. The van der Waals surface area contributed by atoms with Crippen LogP contribution in [0.2, 0.25) is 0 Å². The molecule has 12 heteroatoms. The van der Waals surface area contributed by atoms with E-state index in [0.29, 0.717) is 4.47 Å². The van der Waals surface area contributed by atoms with E-state index in [1.807, 2.05) is 0 Å². The van der Waals surface area contributed by atoms with E-state index in [1.165, 1.54) is 12.1 Å². The number of halogens is 7. The van der Waals surface area contributed by atoms with Gasteiger partial charge in [0.1, 0.15) is 6.17 Å². The maximum absolute atomic E-state index is 12.8. The number of amides is 1. The first-order valence-electron chi connectivity index (χ1n) is 7.74. The summed E-state index contributed by atoms with van der Waals surface area (Å²) in [7, 11) is 0. The number of alkyl halides is 6. The normalized spacial score (nSPS) is 12.8. The number of benzene rings is 2. The Morgan fingerprint density at radius 3 is 2.28 bits per heavy atom. The van der Waals surface area contributed by atoms with Crippen molar-refractivity contribution in [1.29, 1.82) is 0 Å². The van der Waals surface area contributed by atoms with Gasteiger partial charge in [-0.05, 0) is 48.6 Å². The number of carbonyl (C=O) groups is 1. The van der Waals surface area contributed by atoms with Crippen LogP contribution in [0.1, 0.15) is 15.9 Å². The minimum absolute atomic E-state index is 0.0682. The Labute approximate surface area is 193 Å². The molecule has 2 aromatic rings. The lowest BCUT2D eigenvalue weighted by atomic mass is 10.2. The fourth-order valence-electron chi connectivity index (χ4n) is 2.12. The average Bonchev–Trinajstić information content (AvgIpc) is 2.59. The molecule has 2 aromatic carbocycles. The lowest BCUT2D eigenvalue weighted by Gasteiger charge is -2.28. The highest BCUT2D eigenvalue weighted by Crippen LogP contribution is 2.31. The van der Waals surface area contributed by atoms with Crippen LogP contribution in [0.4, 0.5) is 18.9 Å². The van der Waals surface area contributed by atoms with Gasteiger partial charge < -0.3 is 16.0 Å². The highest BCUT2D eigenvalue weighted by Gasteiger charge is 2.35. The molecule has 0 spiro atoms. The molecule has 0 aliphatic carbocycles. The molecule has 29 heavy (non-hydrogen) atoms. The SMILES string of the molecule is O=C(NC(NC(=S)Nc1cccc(C(F)(F)F)c1)C(Cl)(Cl)Cl)c1cccc(Br)c1. The van der Waals surface area contributed by atoms with Crippen LogP contribution in [0.15, 0.2) is 53.0 Å². The standard InChI is InChI=1S/C17H12BrCl3F3N3OS/c18-11-5-1-3-9(7-11)13(28)26-14(16(19,20)21)27-15(29)25-12-6-2-4-10(8-12)17(22,23)24/h1-8,14H,(H,26,28)(H2,25,27,29). The van der Waals surface area contributed by atoms with Gasteiger partial charge in [-0.3, -0.25) is 4.79 Å². The van der Waals surface area contributed by atoms with E-state index in [2.05, 4.69) is 31.9 Å². The number of hydrogen-bond donors (Lipinski definition) is 3. The van der Waals surface area contributed by atoms with Gasteiger partial charge in [-0.2, -0.15) is 13.2 Å². The molecule has 4 nitrogen and oxygen atoms in total. The van der Waals surface area contributed by atoms with E-state index < -0.39 is 27.6 Å². The van der Waals surface area contributed by atoms with Gasteiger partial charge in [0, 0.05) is 15.7 Å². The average molecular weight is 550 g/mol. The molecule has 0 saturated carbocycles. The van der Waals surface area contributed by atoms with Crippen molar-refractivity contribution >= 4 is 79.7 Å². The van der Waals surface area contributed by atoms with Crippen molar-refractivity contribution in [1.82, 2.24) is 10.6 Å². The number of rotatable bonds is 4. The number of hydrogen-bond acceptors (Lipinski definition) is 2. The fourth-order valence-corrected chi connectivity index (χ4v) is 3.08. The summed E-state index contributed by atoms with van der Waals surface area (Å²) in [4.78, 5) is 12.4. The molecule has 0 fully saturated rings. The molecule has 156 valence electrons. The summed E-state index contributed by atoms with van der Waals surface area (Å²) in [6.07, 6.45) is -5.78. The van der Waals surface area contributed by atoms with Crippen LogP contribution in [-0.4, -0.2) is 21.0 Å². The summed E-state index contributed by atoms with van der Waals surface area (Å²) < 4.78 is 37.1. The predicted molar refractivity (Wildman–Crippen MR) is 116 cm³/mol. The van der Waals surface area contributed by atoms with Gasteiger partial charge in [0.2, 0.25) is 3.79 Å². The van der Waals surface area contributed by atoms with Gasteiger partial charge in [-0.15, -0.1) is 0 Å². The van der Waals surface area contributed by atoms with Crippen molar-refractivity contribution in [2.24, 2.45) is 0 Å². The fraction of sp³-hybridized carbons (Fsp3) is 0.176. The van der Waals surface area contributed by atoms with Crippen LogP contribution in [0.3, 0.4) is 0 Å². The Hall–Kier alpha value is -1.26. The van der Waals surface area contributed by atoms with Gasteiger partial charge >= 0.3 is 6.18 Å². The van der Waals surface area contributed by atoms with Crippen LogP contribution in [0.5, 0.6) is 0 Å². The van der Waals surface area contributed by atoms with Crippen LogP contribution < -0.4 is 16.0 Å². The largest absolute Gasteiger partial charge is 0.416 e. The first-order chi connectivity index (χ1) is 13.4. The first-order valence-corrected chi connectivity index (χ1v) is 10.1. The van der Waals surface area contributed by atoms with Gasteiger partial charge in [-0.1, -0.05) is 62.9 Å². The maximum atomic E-state index is 12.8. The van der Waals surface area contributed by atoms with Gasteiger partial charge in [0.25, 0.3) is 5.91 Å². The summed E-state index contributed by atoms with van der Waals surface area (Å²) in [6, 6.07) is 10.9. The molecular weight excluding hydrogens is 538 g/mol. The molecule has 0 heterocycles. The smallest absolute Gasteiger partial charge is 0.339 e. The topological polar surface area (TPSA) is 53.2 Å². The monoisotopic (exact) mass is 547 g/mol. The maximum Gasteiger partial charge on any atom is 0.416 e. The first kappa shape index (κ1) is 24.0. The zero-order valence-electron chi connectivity index (χ0n) is 14.2. The van der Waals surface area contributed by atoms with Crippen molar-refractivity contribution in [2.75, 3.05) is 5.32 Å². The second kappa shape index (κ2) is 9.70. The van der Waals surface area contributed by atoms with Crippen LogP contribution in [0, 0.1) is 0 Å². The zero-order valence-corrected chi connectivity index (χ0v) is 18.8. The van der Waals surface area contributed by atoms with Crippen molar-refractivity contribution in [3.63, 3.8) is 0 Å². The summed E-state index contributed by atoms with van der Waals surface area (Å²) in [5.41, 5.74) is -0.498. The third kappa shape index (κ3) is 7.49. The lowest BCUT2D eigenvalue weighted by Crippen LogP contribution is -2.56. The Balaban J connectivity index is 2.10. The molecule has 0 bridgehead atoms. The second-order valence-corrected chi connectivity index (χ2v) is 9.33. The van der Waals surface area contributed by atoms with E-state index in [9.17, 15) is 18.0 Å². The van der Waals surface area contributed by atoms with Crippen molar-refractivity contribution in [2.45, 2.75) is 16.1 Å². The quantitative estimate of drug-likeness (QED) is 0.253. The van der Waals surface area contributed by atoms with Crippen molar-refractivity contribution < 1.29 is 18.0 Å². The Morgan fingerprint density at radius 2 is 1.69 bits per heavy atom. The van der Waals surface area contributed by atoms with Crippen LogP contribution in [0.25, 0.3) is 0 Å². The van der Waals surface area contributed by atoms with E-state index in [-0.39, 0.29) is 16.4 Å². The molecule has 0 radical (unpaired) electrons. The molecule has 0 aliphatic rings.